The van der Waals surface area contributed by atoms with Crippen molar-refractivity contribution < 1.29 is 19.1 Å². The van der Waals surface area contributed by atoms with Crippen molar-refractivity contribution in [2.75, 3.05) is 20.2 Å². The number of fused-ring (bicyclic) bond motifs is 2. The van der Waals surface area contributed by atoms with E-state index in [9.17, 15) is 9.59 Å². The average Bonchev–Trinajstić information content (AvgIpc) is 3.47. The Bertz CT molecular complexity index is 1360. The molecular formula is C25H27N5O4. The van der Waals surface area contributed by atoms with Crippen molar-refractivity contribution in [3.63, 3.8) is 0 Å². The Kier molecular flexibility index (Phi) is 5.69. The number of hydrogen-bond donors (Lipinski definition) is 0. The molecule has 0 spiro atoms. The van der Waals surface area contributed by atoms with E-state index in [-0.39, 0.29) is 24.2 Å². The summed E-state index contributed by atoms with van der Waals surface area (Å²) < 4.78 is 14.4. The summed E-state index contributed by atoms with van der Waals surface area (Å²) in [4.78, 5) is 35.0. The van der Waals surface area contributed by atoms with Crippen molar-refractivity contribution in [1.29, 1.82) is 0 Å². The van der Waals surface area contributed by atoms with Gasteiger partial charge in [0, 0.05) is 36.9 Å². The molecule has 9 nitrogen and oxygen atoms in total. The highest BCUT2D eigenvalue weighted by atomic mass is 16.6. The summed E-state index contributed by atoms with van der Waals surface area (Å²) in [6, 6.07) is 9.72. The Morgan fingerprint density at radius 3 is 2.59 bits per heavy atom. The molecule has 4 aromatic rings. The summed E-state index contributed by atoms with van der Waals surface area (Å²) in [5, 5.41) is 1.87. The van der Waals surface area contributed by atoms with Crippen molar-refractivity contribution >= 4 is 34.0 Å². The van der Waals surface area contributed by atoms with Crippen LogP contribution in [0.25, 0.3) is 27.8 Å². The van der Waals surface area contributed by atoms with Crippen LogP contribution < -0.4 is 0 Å². The molecule has 5 rings (SSSR count). The van der Waals surface area contributed by atoms with Crippen LogP contribution in [0.2, 0.25) is 0 Å². The lowest BCUT2D eigenvalue weighted by molar-refractivity contribution is 0.0599. The van der Waals surface area contributed by atoms with Crippen molar-refractivity contribution in [2.24, 2.45) is 0 Å². The van der Waals surface area contributed by atoms with E-state index in [0.717, 1.165) is 40.6 Å². The molecule has 4 heterocycles. The second kappa shape index (κ2) is 8.81. The van der Waals surface area contributed by atoms with Crippen LogP contribution in [-0.2, 0) is 9.47 Å². The number of likely N-dealkylation sites (tertiary alicyclic amines) is 1. The first-order valence-electron chi connectivity index (χ1n) is 11.4. The van der Waals surface area contributed by atoms with Gasteiger partial charge in [-0.1, -0.05) is 0 Å². The summed E-state index contributed by atoms with van der Waals surface area (Å²) in [5.41, 5.74) is 2.31. The Morgan fingerprint density at radius 1 is 1.06 bits per heavy atom. The summed E-state index contributed by atoms with van der Waals surface area (Å²) >= 11 is 0. The van der Waals surface area contributed by atoms with Gasteiger partial charge in [-0.3, -0.25) is 0 Å². The smallest absolute Gasteiger partial charge is 0.410 e. The van der Waals surface area contributed by atoms with E-state index in [1.54, 1.807) is 17.3 Å². The highest BCUT2D eigenvalue weighted by Gasteiger charge is 2.26. The lowest BCUT2D eigenvalue weighted by atomic mass is 10.1. The standard InChI is InChI=1S/C25H27N5O4/c1-16(2)34-25(32)28-10-7-19(8-11-28)29-13-9-20-22(29)26-15-27-23(20)30-12-6-17-14-18(24(31)33-3)4-5-21(17)30/h4-6,9,12-16,19H,7-8,10-11H2,1-3H3. The third kappa shape index (κ3) is 3.87. The van der Waals surface area contributed by atoms with E-state index < -0.39 is 0 Å². The van der Waals surface area contributed by atoms with Crippen molar-refractivity contribution in [2.45, 2.75) is 38.8 Å². The molecule has 1 aliphatic rings. The first-order chi connectivity index (χ1) is 16.5. The van der Waals surface area contributed by atoms with Gasteiger partial charge >= 0.3 is 12.1 Å². The fraction of sp³-hybridized carbons (Fsp3) is 0.360. The molecule has 9 heteroatoms. The minimum Gasteiger partial charge on any atom is -0.465 e. The van der Waals surface area contributed by atoms with Crippen molar-refractivity contribution in [3.8, 4) is 5.82 Å². The summed E-state index contributed by atoms with van der Waals surface area (Å²) in [6.45, 7) is 5.02. The maximum absolute atomic E-state index is 12.2. The van der Waals surface area contributed by atoms with Gasteiger partial charge in [-0.05, 0) is 57.0 Å². The fourth-order valence-electron chi connectivity index (χ4n) is 4.62. The minimum absolute atomic E-state index is 0.120. The molecule has 1 fully saturated rings. The quantitative estimate of drug-likeness (QED) is 0.420. The Labute approximate surface area is 196 Å². The van der Waals surface area contributed by atoms with Crippen LogP contribution in [0.4, 0.5) is 4.79 Å². The number of esters is 1. The lowest BCUT2D eigenvalue weighted by Gasteiger charge is -2.32. The lowest BCUT2D eigenvalue weighted by Crippen LogP contribution is -2.40. The number of carbonyl (C=O) groups excluding carboxylic acids is 2. The van der Waals surface area contributed by atoms with Crippen LogP contribution in [0.1, 0.15) is 43.1 Å². The molecule has 0 saturated carbocycles. The van der Waals surface area contributed by atoms with Gasteiger partial charge in [-0.15, -0.1) is 0 Å². The summed E-state index contributed by atoms with van der Waals surface area (Å²) in [5.74, 6) is 0.419. The zero-order valence-electron chi connectivity index (χ0n) is 19.5. The summed E-state index contributed by atoms with van der Waals surface area (Å²) in [6.07, 6.45) is 6.88. The van der Waals surface area contributed by atoms with Gasteiger partial charge in [-0.25, -0.2) is 19.6 Å². The van der Waals surface area contributed by atoms with Crippen molar-refractivity contribution in [1.82, 2.24) is 24.0 Å². The second-order valence-electron chi connectivity index (χ2n) is 8.76. The normalized spacial score (nSPS) is 14.8. The molecule has 0 bridgehead atoms. The highest BCUT2D eigenvalue weighted by Crippen LogP contribution is 2.30. The number of ether oxygens (including phenoxy) is 2. The van der Waals surface area contributed by atoms with Gasteiger partial charge in [0.1, 0.15) is 17.8 Å². The van der Waals surface area contributed by atoms with Gasteiger partial charge < -0.3 is 23.5 Å². The van der Waals surface area contributed by atoms with Crippen LogP contribution in [0.15, 0.2) is 49.1 Å². The Morgan fingerprint density at radius 2 is 1.85 bits per heavy atom. The number of benzene rings is 1. The van der Waals surface area contributed by atoms with Crippen LogP contribution >= 0.6 is 0 Å². The number of rotatable bonds is 4. The van der Waals surface area contributed by atoms with E-state index in [2.05, 4.69) is 20.7 Å². The number of aromatic nitrogens is 4. The van der Waals surface area contributed by atoms with Crippen LogP contribution in [0, 0.1) is 0 Å². The number of hydrogen-bond acceptors (Lipinski definition) is 6. The van der Waals surface area contributed by atoms with Crippen LogP contribution in [-0.4, -0.2) is 62.4 Å². The number of methoxy groups -OCH3 is 1. The van der Waals surface area contributed by atoms with Crippen LogP contribution in [0.5, 0.6) is 0 Å². The molecule has 0 radical (unpaired) electrons. The molecule has 0 unspecified atom stereocenters. The number of piperidine rings is 1. The largest absolute Gasteiger partial charge is 0.465 e. The molecule has 1 amide bonds. The third-order valence-electron chi connectivity index (χ3n) is 6.28. The van der Waals surface area contributed by atoms with Gasteiger partial charge in [0.25, 0.3) is 0 Å². The second-order valence-corrected chi connectivity index (χ2v) is 8.76. The van der Waals surface area contributed by atoms with E-state index >= 15 is 0 Å². The first-order valence-corrected chi connectivity index (χ1v) is 11.4. The topological polar surface area (TPSA) is 91.5 Å². The maximum atomic E-state index is 12.2. The zero-order chi connectivity index (χ0) is 23.8. The highest BCUT2D eigenvalue weighted by molar-refractivity contribution is 5.96. The van der Waals surface area contributed by atoms with Gasteiger partial charge in [0.05, 0.1) is 29.7 Å². The molecule has 1 saturated heterocycles. The monoisotopic (exact) mass is 461 g/mol. The number of nitrogens with zero attached hydrogens (tertiary/aromatic N) is 5. The molecule has 0 aliphatic carbocycles. The van der Waals surface area contributed by atoms with Gasteiger partial charge in [-0.2, -0.15) is 0 Å². The third-order valence-corrected chi connectivity index (χ3v) is 6.28. The van der Waals surface area contributed by atoms with E-state index in [1.807, 2.05) is 48.9 Å². The molecule has 1 aromatic carbocycles. The zero-order valence-corrected chi connectivity index (χ0v) is 19.5. The molecule has 0 N–H and O–H groups in total. The van der Waals surface area contributed by atoms with Gasteiger partial charge in [0.2, 0.25) is 0 Å². The molecule has 34 heavy (non-hydrogen) atoms. The number of amides is 1. The fourth-order valence-corrected chi connectivity index (χ4v) is 4.62. The van der Waals surface area contributed by atoms with Crippen LogP contribution in [0.3, 0.4) is 0 Å². The Balaban J connectivity index is 1.43. The molecule has 0 atom stereocenters. The molecule has 1 aliphatic heterocycles. The maximum Gasteiger partial charge on any atom is 0.410 e. The first kappa shape index (κ1) is 21.9. The minimum atomic E-state index is -0.361. The predicted octanol–water partition coefficient (Wildman–Crippen LogP) is 4.34. The molecular weight excluding hydrogens is 434 g/mol. The van der Waals surface area contributed by atoms with Crippen molar-refractivity contribution in [3.05, 3.63) is 54.6 Å². The predicted molar refractivity (Wildman–Crippen MR) is 127 cm³/mol. The number of carbonyl (C=O) groups is 2. The molecule has 176 valence electrons. The van der Waals surface area contributed by atoms with E-state index in [0.29, 0.717) is 18.7 Å². The van der Waals surface area contributed by atoms with E-state index in [1.165, 1.54) is 7.11 Å². The molecule has 3 aromatic heterocycles. The van der Waals surface area contributed by atoms with E-state index in [4.69, 9.17) is 9.47 Å². The average molecular weight is 462 g/mol. The summed E-state index contributed by atoms with van der Waals surface area (Å²) in [7, 11) is 1.38. The Hall–Kier alpha value is -3.88. The van der Waals surface area contributed by atoms with Gasteiger partial charge in [0.15, 0.2) is 0 Å². The SMILES string of the molecule is COC(=O)c1ccc2c(ccn2-c2ncnc3c2ccn3C2CCN(C(=O)OC(C)C)CC2)c1.